The van der Waals surface area contributed by atoms with E-state index in [1.165, 1.54) is 4.90 Å². The summed E-state index contributed by atoms with van der Waals surface area (Å²) in [5.74, 6) is -0.703. The van der Waals surface area contributed by atoms with E-state index in [0.717, 1.165) is 11.1 Å². The van der Waals surface area contributed by atoms with Gasteiger partial charge in [-0.25, -0.2) is 4.79 Å². The molecule has 0 radical (unpaired) electrons. The lowest BCUT2D eigenvalue weighted by Gasteiger charge is -2.10. The maximum atomic E-state index is 11.6. The summed E-state index contributed by atoms with van der Waals surface area (Å²) in [6.45, 7) is 3.68. The molecule has 0 unspecified atom stereocenters. The molecule has 0 saturated heterocycles. The lowest BCUT2D eigenvalue weighted by Crippen LogP contribution is -2.27. The van der Waals surface area contributed by atoms with Crippen molar-refractivity contribution in [2.45, 2.75) is 13.8 Å². The minimum absolute atomic E-state index is 0.223. The van der Waals surface area contributed by atoms with Gasteiger partial charge < -0.3 is 9.64 Å². The Morgan fingerprint density at radius 1 is 1.18 bits per heavy atom. The van der Waals surface area contributed by atoms with Gasteiger partial charge in [0.1, 0.15) is 0 Å². The molecular weight excluding hydrogens is 218 g/mol. The zero-order valence-corrected chi connectivity index (χ0v) is 10.6. The van der Waals surface area contributed by atoms with Crippen LogP contribution in [-0.4, -0.2) is 37.5 Å². The van der Waals surface area contributed by atoms with E-state index < -0.39 is 5.97 Å². The molecule has 1 amide bonds. The molecule has 0 heterocycles. The van der Waals surface area contributed by atoms with Crippen molar-refractivity contribution < 1.29 is 14.3 Å². The van der Waals surface area contributed by atoms with Crippen LogP contribution in [0.5, 0.6) is 0 Å². The molecule has 4 nitrogen and oxygen atoms in total. The molecule has 0 aliphatic carbocycles. The molecule has 1 aromatic rings. The lowest BCUT2D eigenvalue weighted by molar-refractivity contribution is -0.131. The normalized spacial score (nSPS) is 9.88. The zero-order chi connectivity index (χ0) is 13.0. The van der Waals surface area contributed by atoms with Crippen molar-refractivity contribution in [3.8, 4) is 0 Å². The van der Waals surface area contributed by atoms with Gasteiger partial charge in [-0.1, -0.05) is 6.07 Å². The van der Waals surface area contributed by atoms with Gasteiger partial charge >= 0.3 is 5.97 Å². The molecule has 4 heteroatoms. The number of hydrogen-bond donors (Lipinski definition) is 0. The van der Waals surface area contributed by atoms with E-state index in [4.69, 9.17) is 4.74 Å². The van der Waals surface area contributed by atoms with Gasteiger partial charge in [-0.15, -0.1) is 0 Å². The van der Waals surface area contributed by atoms with E-state index in [1.54, 1.807) is 26.2 Å². The quantitative estimate of drug-likeness (QED) is 0.747. The van der Waals surface area contributed by atoms with E-state index in [-0.39, 0.29) is 12.5 Å². The lowest BCUT2D eigenvalue weighted by atomic mass is 10.1. The fourth-order valence-electron chi connectivity index (χ4n) is 1.21. The van der Waals surface area contributed by atoms with Crippen molar-refractivity contribution in [3.63, 3.8) is 0 Å². The summed E-state index contributed by atoms with van der Waals surface area (Å²) in [6.07, 6.45) is 0. The predicted molar refractivity (Wildman–Crippen MR) is 64.9 cm³/mol. The van der Waals surface area contributed by atoms with Crippen LogP contribution in [0.1, 0.15) is 21.5 Å². The van der Waals surface area contributed by atoms with E-state index in [0.29, 0.717) is 5.56 Å². The average Bonchev–Trinajstić information content (AvgIpc) is 2.28. The molecule has 92 valence electrons. The number of nitrogens with zero attached hydrogens (tertiary/aromatic N) is 1. The number of amides is 1. The third-order valence-electron chi connectivity index (χ3n) is 2.57. The first-order chi connectivity index (χ1) is 7.91. The number of esters is 1. The van der Waals surface area contributed by atoms with Gasteiger partial charge in [0.05, 0.1) is 5.56 Å². The largest absolute Gasteiger partial charge is 0.452 e. The summed E-state index contributed by atoms with van der Waals surface area (Å²) in [7, 11) is 3.23. The number of ether oxygens (including phenoxy) is 1. The van der Waals surface area contributed by atoms with Gasteiger partial charge in [0.2, 0.25) is 0 Å². The molecular formula is C13H17NO3. The predicted octanol–water partition coefficient (Wildman–Crippen LogP) is 1.55. The molecule has 0 bridgehead atoms. The van der Waals surface area contributed by atoms with Crippen LogP contribution >= 0.6 is 0 Å². The molecule has 0 aliphatic heterocycles. The van der Waals surface area contributed by atoms with Crippen LogP contribution in [0.3, 0.4) is 0 Å². The standard InChI is InChI=1S/C13H17NO3/c1-9-5-6-11(7-10(9)2)13(16)17-8-12(15)14(3)4/h5-7H,8H2,1-4H3. The molecule has 0 atom stereocenters. The topological polar surface area (TPSA) is 46.6 Å². The highest BCUT2D eigenvalue weighted by atomic mass is 16.5. The van der Waals surface area contributed by atoms with Gasteiger partial charge in [0.25, 0.3) is 5.91 Å². The number of carbonyl (C=O) groups excluding carboxylic acids is 2. The van der Waals surface area contributed by atoms with Crippen LogP contribution in [0.15, 0.2) is 18.2 Å². The van der Waals surface area contributed by atoms with Gasteiger partial charge in [0, 0.05) is 14.1 Å². The van der Waals surface area contributed by atoms with Crippen molar-refractivity contribution in [1.82, 2.24) is 4.90 Å². The van der Waals surface area contributed by atoms with E-state index >= 15 is 0 Å². The molecule has 0 aliphatic rings. The average molecular weight is 235 g/mol. The Balaban J connectivity index is 2.64. The molecule has 0 fully saturated rings. The Morgan fingerprint density at radius 2 is 1.82 bits per heavy atom. The van der Waals surface area contributed by atoms with Crippen LogP contribution < -0.4 is 0 Å². The van der Waals surface area contributed by atoms with Crippen molar-refractivity contribution in [2.75, 3.05) is 20.7 Å². The summed E-state index contributed by atoms with van der Waals surface area (Å²) >= 11 is 0. The minimum atomic E-state index is -0.469. The van der Waals surface area contributed by atoms with E-state index in [9.17, 15) is 9.59 Å². The number of benzene rings is 1. The molecule has 0 aromatic heterocycles. The fourth-order valence-corrected chi connectivity index (χ4v) is 1.21. The molecule has 17 heavy (non-hydrogen) atoms. The first-order valence-corrected chi connectivity index (χ1v) is 5.36. The first kappa shape index (κ1) is 13.2. The van der Waals surface area contributed by atoms with Crippen LogP contribution in [0.2, 0.25) is 0 Å². The summed E-state index contributed by atoms with van der Waals surface area (Å²) in [6, 6.07) is 5.32. The number of hydrogen-bond acceptors (Lipinski definition) is 3. The summed E-state index contributed by atoms with van der Waals surface area (Å²) in [5, 5.41) is 0. The van der Waals surface area contributed by atoms with Gasteiger partial charge in [-0.05, 0) is 37.1 Å². The molecule has 1 aromatic carbocycles. The monoisotopic (exact) mass is 235 g/mol. The maximum absolute atomic E-state index is 11.6. The third kappa shape index (κ3) is 3.59. The second-order valence-corrected chi connectivity index (χ2v) is 4.16. The van der Waals surface area contributed by atoms with Crippen LogP contribution in [0.4, 0.5) is 0 Å². The fraction of sp³-hybridized carbons (Fsp3) is 0.385. The van der Waals surface area contributed by atoms with Gasteiger partial charge in [-0.2, -0.15) is 0 Å². The van der Waals surface area contributed by atoms with Gasteiger partial charge in [-0.3, -0.25) is 4.79 Å². The Morgan fingerprint density at radius 3 is 2.35 bits per heavy atom. The first-order valence-electron chi connectivity index (χ1n) is 5.36. The molecule has 0 spiro atoms. The summed E-state index contributed by atoms with van der Waals surface area (Å²) in [4.78, 5) is 24.3. The van der Waals surface area contributed by atoms with Crippen LogP contribution in [0, 0.1) is 13.8 Å². The smallest absolute Gasteiger partial charge is 0.338 e. The third-order valence-corrected chi connectivity index (χ3v) is 2.57. The Labute approximate surface area is 101 Å². The molecule has 0 saturated carbocycles. The zero-order valence-electron chi connectivity index (χ0n) is 10.6. The minimum Gasteiger partial charge on any atom is -0.452 e. The van der Waals surface area contributed by atoms with Crippen molar-refractivity contribution in [2.24, 2.45) is 0 Å². The van der Waals surface area contributed by atoms with Crippen molar-refractivity contribution >= 4 is 11.9 Å². The SMILES string of the molecule is Cc1ccc(C(=O)OCC(=O)N(C)C)cc1C. The number of likely N-dealkylation sites (N-methyl/N-ethyl adjacent to an activating group) is 1. The second kappa shape index (κ2) is 5.48. The van der Waals surface area contributed by atoms with Gasteiger partial charge in [0.15, 0.2) is 6.61 Å². The Bertz CT molecular complexity index is 438. The second-order valence-electron chi connectivity index (χ2n) is 4.16. The highest BCUT2D eigenvalue weighted by Crippen LogP contribution is 2.10. The van der Waals surface area contributed by atoms with E-state index in [2.05, 4.69) is 0 Å². The number of carbonyl (C=O) groups is 2. The molecule has 0 N–H and O–H groups in total. The van der Waals surface area contributed by atoms with Crippen molar-refractivity contribution in [1.29, 1.82) is 0 Å². The number of aryl methyl sites for hydroxylation is 2. The maximum Gasteiger partial charge on any atom is 0.338 e. The summed E-state index contributed by atoms with van der Waals surface area (Å²) < 4.78 is 4.92. The Kier molecular flexibility index (Phi) is 4.26. The van der Waals surface area contributed by atoms with Crippen molar-refractivity contribution in [3.05, 3.63) is 34.9 Å². The highest BCUT2D eigenvalue weighted by molar-refractivity contribution is 5.91. The summed E-state index contributed by atoms with van der Waals surface area (Å²) in [5.41, 5.74) is 2.61. The van der Waals surface area contributed by atoms with Crippen LogP contribution in [-0.2, 0) is 9.53 Å². The number of rotatable bonds is 3. The van der Waals surface area contributed by atoms with E-state index in [1.807, 2.05) is 19.9 Å². The highest BCUT2D eigenvalue weighted by Gasteiger charge is 2.11. The molecule has 1 rings (SSSR count). The Hall–Kier alpha value is -1.84. The van der Waals surface area contributed by atoms with Crippen LogP contribution in [0.25, 0.3) is 0 Å².